The molecule has 3 atom stereocenters. The number of nitrogens with zero attached hydrogens (tertiary/aromatic N) is 2. The Bertz CT molecular complexity index is 404. The molecule has 2 amide bonds. The van der Waals surface area contributed by atoms with Gasteiger partial charge in [0.1, 0.15) is 6.04 Å². The molecule has 0 spiro atoms. The molecule has 3 fully saturated rings. The molecule has 0 aromatic carbocycles. The Hall–Kier alpha value is -0.810. The molecule has 0 saturated carbocycles. The summed E-state index contributed by atoms with van der Waals surface area (Å²) < 4.78 is 0. The van der Waals surface area contributed by atoms with Gasteiger partial charge in [-0.25, -0.2) is 0 Å². The topological polar surface area (TPSA) is 52.7 Å². The van der Waals surface area contributed by atoms with Crippen LogP contribution in [0.5, 0.6) is 0 Å². The number of rotatable bonds is 2. The molecule has 3 aliphatic rings. The molecule has 0 aliphatic carbocycles. The average molecular weight is 330 g/mol. The Labute approximate surface area is 139 Å². The van der Waals surface area contributed by atoms with E-state index in [-0.39, 0.29) is 30.3 Å². The van der Waals surface area contributed by atoms with Gasteiger partial charge in [0.05, 0.1) is 0 Å². The smallest absolute Gasteiger partial charge is 0.245 e. The second-order valence-corrected chi connectivity index (χ2v) is 6.58. The van der Waals surface area contributed by atoms with Gasteiger partial charge in [-0.15, -0.1) is 12.4 Å². The number of hydrogen-bond donors (Lipinski definition) is 1. The number of amides is 2. The number of hydrogen-bond acceptors (Lipinski definition) is 3. The Morgan fingerprint density at radius 1 is 1.09 bits per heavy atom. The van der Waals surface area contributed by atoms with Crippen LogP contribution in [0.25, 0.3) is 0 Å². The lowest BCUT2D eigenvalue weighted by Crippen LogP contribution is -2.55. The fraction of sp³-hybridized carbons (Fsp3) is 0.875. The molecule has 6 heteroatoms. The maximum Gasteiger partial charge on any atom is 0.245 e. The van der Waals surface area contributed by atoms with Gasteiger partial charge < -0.3 is 15.1 Å². The summed E-state index contributed by atoms with van der Waals surface area (Å²) in [4.78, 5) is 29.2. The van der Waals surface area contributed by atoms with E-state index < -0.39 is 0 Å². The summed E-state index contributed by atoms with van der Waals surface area (Å²) in [6, 6.07) is 0.524. The molecule has 0 radical (unpaired) electrons. The summed E-state index contributed by atoms with van der Waals surface area (Å²) >= 11 is 0. The van der Waals surface area contributed by atoms with Crippen LogP contribution in [0.2, 0.25) is 0 Å². The van der Waals surface area contributed by atoms with E-state index in [4.69, 9.17) is 0 Å². The first kappa shape index (κ1) is 17.5. The zero-order valence-corrected chi connectivity index (χ0v) is 14.2. The van der Waals surface area contributed by atoms with Crippen molar-refractivity contribution in [3.63, 3.8) is 0 Å². The Morgan fingerprint density at radius 3 is 2.64 bits per heavy atom. The molecule has 3 unspecified atom stereocenters. The van der Waals surface area contributed by atoms with E-state index in [9.17, 15) is 9.59 Å². The van der Waals surface area contributed by atoms with Crippen LogP contribution in [0.3, 0.4) is 0 Å². The van der Waals surface area contributed by atoms with Crippen molar-refractivity contribution in [2.24, 2.45) is 0 Å². The second-order valence-electron chi connectivity index (χ2n) is 6.58. The number of nitrogens with one attached hydrogen (secondary N) is 1. The highest BCUT2D eigenvalue weighted by molar-refractivity contribution is 5.88. The van der Waals surface area contributed by atoms with Crippen LogP contribution in [0, 0.1) is 0 Å². The highest BCUT2D eigenvalue weighted by Crippen LogP contribution is 2.31. The molecular weight excluding hydrogens is 302 g/mol. The Morgan fingerprint density at radius 2 is 1.86 bits per heavy atom. The predicted molar refractivity (Wildman–Crippen MR) is 88.0 cm³/mol. The lowest BCUT2D eigenvalue weighted by molar-refractivity contribution is -0.149. The maximum absolute atomic E-state index is 13.1. The number of carbonyl (C=O) groups is 2. The van der Waals surface area contributed by atoms with Gasteiger partial charge in [-0.2, -0.15) is 0 Å². The van der Waals surface area contributed by atoms with Gasteiger partial charge in [0.25, 0.3) is 0 Å². The van der Waals surface area contributed by atoms with Crippen molar-refractivity contribution in [3.05, 3.63) is 0 Å². The van der Waals surface area contributed by atoms with E-state index in [0.717, 1.165) is 58.2 Å². The number of halogens is 1. The van der Waals surface area contributed by atoms with Crippen molar-refractivity contribution in [1.29, 1.82) is 0 Å². The van der Waals surface area contributed by atoms with E-state index in [1.807, 2.05) is 11.8 Å². The first-order valence-electron chi connectivity index (χ1n) is 8.54. The van der Waals surface area contributed by atoms with Crippen molar-refractivity contribution >= 4 is 24.2 Å². The van der Waals surface area contributed by atoms with Gasteiger partial charge in [-0.05, 0) is 45.1 Å². The molecule has 22 heavy (non-hydrogen) atoms. The van der Waals surface area contributed by atoms with Crippen LogP contribution in [0.4, 0.5) is 0 Å². The van der Waals surface area contributed by atoms with Crippen molar-refractivity contribution in [3.8, 4) is 0 Å². The maximum atomic E-state index is 13.1. The first-order valence-corrected chi connectivity index (χ1v) is 8.54. The van der Waals surface area contributed by atoms with Gasteiger partial charge >= 0.3 is 0 Å². The lowest BCUT2D eigenvalue weighted by atomic mass is 9.99. The van der Waals surface area contributed by atoms with Gasteiger partial charge in [0, 0.05) is 31.6 Å². The van der Waals surface area contributed by atoms with E-state index in [2.05, 4.69) is 10.2 Å². The number of piperidine rings is 1. The van der Waals surface area contributed by atoms with Gasteiger partial charge in [-0.1, -0.05) is 6.92 Å². The van der Waals surface area contributed by atoms with Crippen LogP contribution in [0.15, 0.2) is 0 Å². The fourth-order valence-corrected chi connectivity index (χ4v) is 4.20. The minimum Gasteiger partial charge on any atom is -0.334 e. The summed E-state index contributed by atoms with van der Waals surface area (Å²) in [5.41, 5.74) is 0. The van der Waals surface area contributed by atoms with Crippen molar-refractivity contribution in [2.45, 2.75) is 70.0 Å². The molecule has 1 N–H and O–H groups in total. The molecule has 0 aromatic heterocycles. The second kappa shape index (κ2) is 7.64. The molecular formula is C16H28ClN3O2. The molecule has 3 saturated heterocycles. The first-order chi connectivity index (χ1) is 10.2. The molecule has 3 aliphatic heterocycles. The Kier molecular flexibility index (Phi) is 6.09. The predicted octanol–water partition coefficient (Wildman–Crippen LogP) is 1.55. The largest absolute Gasteiger partial charge is 0.334 e. The number of fused-ring (bicyclic) bond motifs is 2. The number of carbonyl (C=O) groups excluding carboxylic acids is 2. The molecule has 126 valence electrons. The normalized spacial score (nSPS) is 31.4. The monoisotopic (exact) mass is 329 g/mol. The summed E-state index contributed by atoms with van der Waals surface area (Å²) in [6.45, 7) is 4.56. The minimum absolute atomic E-state index is 0. The Balaban J connectivity index is 0.00000176. The van der Waals surface area contributed by atoms with Crippen molar-refractivity contribution < 1.29 is 9.59 Å². The van der Waals surface area contributed by atoms with Gasteiger partial charge in [-0.3, -0.25) is 9.59 Å². The standard InChI is InChI=1S/C16H27N3O2.ClH/c1-2-15(20)18-10-4-3-5-14(18)16(21)19-12-6-7-13(19)11-17-9-8-12;/h12-14,17H,2-11H2,1H3;1H. The van der Waals surface area contributed by atoms with E-state index in [1.165, 1.54) is 0 Å². The third-order valence-electron chi connectivity index (χ3n) is 5.32. The summed E-state index contributed by atoms with van der Waals surface area (Å²) in [6.07, 6.45) is 6.72. The van der Waals surface area contributed by atoms with Crippen molar-refractivity contribution in [1.82, 2.24) is 15.1 Å². The summed E-state index contributed by atoms with van der Waals surface area (Å²) in [7, 11) is 0. The van der Waals surface area contributed by atoms with Crippen LogP contribution in [-0.2, 0) is 9.59 Å². The highest BCUT2D eigenvalue weighted by Gasteiger charge is 2.43. The molecule has 0 aromatic rings. The quantitative estimate of drug-likeness (QED) is 0.836. The van der Waals surface area contributed by atoms with Crippen LogP contribution in [-0.4, -0.2) is 59.4 Å². The van der Waals surface area contributed by atoms with E-state index in [1.54, 1.807) is 0 Å². The van der Waals surface area contributed by atoms with Gasteiger partial charge in [0.15, 0.2) is 0 Å². The molecule has 2 bridgehead atoms. The third kappa shape index (κ3) is 3.25. The highest BCUT2D eigenvalue weighted by atomic mass is 35.5. The summed E-state index contributed by atoms with van der Waals surface area (Å²) in [5.74, 6) is 0.348. The van der Waals surface area contributed by atoms with Crippen molar-refractivity contribution in [2.75, 3.05) is 19.6 Å². The zero-order valence-electron chi connectivity index (χ0n) is 13.4. The van der Waals surface area contributed by atoms with Crippen LogP contribution < -0.4 is 5.32 Å². The SMILES string of the molecule is CCC(=O)N1CCCCC1C(=O)N1C2CCNCC1CC2.Cl. The fourth-order valence-electron chi connectivity index (χ4n) is 4.20. The third-order valence-corrected chi connectivity index (χ3v) is 5.32. The summed E-state index contributed by atoms with van der Waals surface area (Å²) in [5, 5.41) is 3.44. The van der Waals surface area contributed by atoms with Crippen LogP contribution >= 0.6 is 12.4 Å². The zero-order chi connectivity index (χ0) is 14.8. The van der Waals surface area contributed by atoms with Crippen LogP contribution in [0.1, 0.15) is 51.9 Å². The molecule has 3 rings (SSSR count). The lowest BCUT2D eigenvalue weighted by Gasteiger charge is -2.39. The van der Waals surface area contributed by atoms with Gasteiger partial charge in [0.2, 0.25) is 11.8 Å². The molecule has 3 heterocycles. The average Bonchev–Trinajstić information content (AvgIpc) is 2.78. The number of likely N-dealkylation sites (tertiary alicyclic amines) is 1. The molecule has 5 nitrogen and oxygen atoms in total. The van der Waals surface area contributed by atoms with E-state index in [0.29, 0.717) is 18.5 Å². The van der Waals surface area contributed by atoms with E-state index >= 15 is 0 Å². The minimum atomic E-state index is -0.201.